The molecule has 0 bridgehead atoms. The lowest BCUT2D eigenvalue weighted by Gasteiger charge is -2.42. The highest BCUT2D eigenvalue weighted by Gasteiger charge is 2.51. The van der Waals surface area contributed by atoms with Gasteiger partial charge >= 0.3 is 11.8 Å². The van der Waals surface area contributed by atoms with Gasteiger partial charge in [-0.3, -0.25) is 9.59 Å². The maximum Gasteiger partial charge on any atom is 0.313 e. The molecule has 0 radical (unpaired) electrons. The van der Waals surface area contributed by atoms with Gasteiger partial charge in [-0.25, -0.2) is 12.8 Å². The highest BCUT2D eigenvalue weighted by Crippen LogP contribution is 2.38. The molecule has 32 heavy (non-hydrogen) atoms. The first-order valence-electron chi connectivity index (χ1n) is 10.0. The molecular formula is C21H21ClFN3O5S. The third-order valence-corrected chi connectivity index (χ3v) is 7.91. The predicted molar refractivity (Wildman–Crippen MR) is 115 cm³/mol. The molecule has 1 spiro atoms. The molecule has 0 aromatic heterocycles. The van der Waals surface area contributed by atoms with Crippen molar-refractivity contribution < 1.29 is 27.1 Å². The number of likely N-dealkylation sites (tertiary alicyclic amines) is 1. The summed E-state index contributed by atoms with van der Waals surface area (Å²) in [4.78, 5) is 26.5. The third kappa shape index (κ3) is 4.23. The summed E-state index contributed by atoms with van der Waals surface area (Å²) in [6, 6.07) is 11.7. The molecular weight excluding hydrogens is 461 g/mol. The van der Waals surface area contributed by atoms with Crippen LogP contribution in [0.4, 0.5) is 10.1 Å². The van der Waals surface area contributed by atoms with Crippen molar-refractivity contribution in [1.29, 1.82) is 0 Å². The van der Waals surface area contributed by atoms with Gasteiger partial charge in [0, 0.05) is 38.2 Å². The number of nitrogens with one attached hydrogen (secondary N) is 1. The Balaban J connectivity index is 1.43. The van der Waals surface area contributed by atoms with Gasteiger partial charge in [0.25, 0.3) is 0 Å². The summed E-state index contributed by atoms with van der Waals surface area (Å²) in [5.74, 6) is -2.29. The van der Waals surface area contributed by atoms with Crippen LogP contribution in [0.15, 0.2) is 53.4 Å². The molecule has 8 nitrogen and oxygen atoms in total. The maximum atomic E-state index is 13.3. The lowest BCUT2D eigenvalue weighted by molar-refractivity contribution is -0.148. The van der Waals surface area contributed by atoms with E-state index >= 15 is 0 Å². The molecule has 1 N–H and O–H groups in total. The van der Waals surface area contributed by atoms with Gasteiger partial charge in [-0.2, -0.15) is 4.31 Å². The minimum absolute atomic E-state index is 0.150. The fraction of sp³-hybridized carbons (Fsp3) is 0.333. The van der Waals surface area contributed by atoms with Crippen LogP contribution in [0.1, 0.15) is 12.8 Å². The third-order valence-electron chi connectivity index (χ3n) is 5.65. The van der Waals surface area contributed by atoms with Crippen molar-refractivity contribution in [3.63, 3.8) is 0 Å². The highest BCUT2D eigenvalue weighted by molar-refractivity contribution is 7.89. The Morgan fingerprint density at radius 2 is 1.75 bits per heavy atom. The normalized spacial score (nSPS) is 18.6. The summed E-state index contributed by atoms with van der Waals surface area (Å²) in [5.41, 5.74) is -0.852. The molecule has 2 saturated heterocycles. The number of rotatable bonds is 3. The Bertz CT molecular complexity index is 1140. The largest absolute Gasteiger partial charge is 0.358 e. The van der Waals surface area contributed by atoms with Crippen LogP contribution in [0, 0.1) is 5.82 Å². The van der Waals surface area contributed by atoms with Crippen LogP contribution in [0.5, 0.6) is 0 Å². The number of sulfonamides is 1. The van der Waals surface area contributed by atoms with Crippen molar-refractivity contribution in [3.8, 4) is 0 Å². The van der Waals surface area contributed by atoms with Gasteiger partial charge in [0.2, 0.25) is 10.0 Å². The van der Waals surface area contributed by atoms with E-state index < -0.39 is 33.4 Å². The Kier molecular flexibility index (Phi) is 6.22. The second-order valence-electron chi connectivity index (χ2n) is 7.56. The summed E-state index contributed by atoms with van der Waals surface area (Å²) in [6.07, 6.45) is 0.473. The minimum atomic E-state index is -3.77. The van der Waals surface area contributed by atoms with E-state index in [1.807, 2.05) is 0 Å². The van der Waals surface area contributed by atoms with Crippen molar-refractivity contribution in [3.05, 3.63) is 59.4 Å². The number of hydrogen-bond donors (Lipinski definition) is 1. The van der Waals surface area contributed by atoms with E-state index in [4.69, 9.17) is 16.3 Å². The van der Waals surface area contributed by atoms with E-state index in [-0.39, 0.29) is 54.7 Å². The number of carbonyl (C=O) groups excluding carboxylic acids is 2. The van der Waals surface area contributed by atoms with Gasteiger partial charge in [0.05, 0.1) is 16.5 Å². The Labute approximate surface area is 189 Å². The molecule has 0 saturated carbocycles. The molecule has 0 atom stereocenters. The average Bonchev–Trinajstić information content (AvgIpc) is 3.20. The number of ether oxygens (including phenoxy) is 1. The molecule has 4 rings (SSSR count). The number of nitrogens with zero attached hydrogens (tertiary/aromatic N) is 2. The van der Waals surface area contributed by atoms with E-state index in [0.717, 1.165) is 6.07 Å². The van der Waals surface area contributed by atoms with Crippen LogP contribution in [-0.2, 0) is 24.3 Å². The average molecular weight is 482 g/mol. The molecule has 2 fully saturated rings. The first-order chi connectivity index (χ1) is 15.2. The van der Waals surface area contributed by atoms with E-state index in [9.17, 15) is 22.4 Å². The lowest BCUT2D eigenvalue weighted by atomic mass is 10.0. The zero-order chi connectivity index (χ0) is 22.9. The van der Waals surface area contributed by atoms with Crippen molar-refractivity contribution in [2.75, 3.05) is 31.6 Å². The molecule has 170 valence electrons. The molecule has 2 heterocycles. The van der Waals surface area contributed by atoms with Crippen LogP contribution in [0.25, 0.3) is 0 Å². The SMILES string of the molecule is O=C(Nc1ccc(F)c(Cl)c1)C(=O)N1CCC2(CC1)OCCN2S(=O)(=O)c1ccccc1. The Morgan fingerprint density at radius 1 is 1.06 bits per heavy atom. The Hall–Kier alpha value is -2.53. The number of hydrogen-bond acceptors (Lipinski definition) is 5. The van der Waals surface area contributed by atoms with Crippen LogP contribution < -0.4 is 5.32 Å². The summed E-state index contributed by atoms with van der Waals surface area (Å²) >= 11 is 5.70. The Morgan fingerprint density at radius 3 is 2.41 bits per heavy atom. The number of halogens is 2. The van der Waals surface area contributed by atoms with Crippen molar-refractivity contribution >= 4 is 39.1 Å². The van der Waals surface area contributed by atoms with Crippen LogP contribution >= 0.6 is 11.6 Å². The van der Waals surface area contributed by atoms with E-state index in [0.29, 0.717) is 0 Å². The van der Waals surface area contributed by atoms with E-state index in [1.165, 1.54) is 33.5 Å². The second kappa shape index (κ2) is 8.78. The van der Waals surface area contributed by atoms with E-state index in [2.05, 4.69) is 5.32 Å². The van der Waals surface area contributed by atoms with Gasteiger partial charge in [-0.15, -0.1) is 0 Å². The summed E-state index contributed by atoms with van der Waals surface area (Å²) < 4.78 is 46.8. The predicted octanol–water partition coefficient (Wildman–Crippen LogP) is 2.46. The monoisotopic (exact) mass is 481 g/mol. The number of amides is 2. The molecule has 2 aromatic carbocycles. The highest BCUT2D eigenvalue weighted by atomic mass is 35.5. The first-order valence-corrected chi connectivity index (χ1v) is 11.8. The zero-order valence-corrected chi connectivity index (χ0v) is 18.5. The fourth-order valence-corrected chi connectivity index (χ4v) is 5.93. The van der Waals surface area contributed by atoms with Gasteiger partial charge in [0.15, 0.2) is 0 Å². The number of piperidine rings is 1. The van der Waals surface area contributed by atoms with Gasteiger partial charge in [-0.05, 0) is 30.3 Å². The standard InChI is InChI=1S/C21H21ClFN3O5S/c22-17-14-15(6-7-18(17)23)24-19(27)20(28)25-10-8-21(9-11-25)26(12-13-31-21)32(29,30)16-4-2-1-3-5-16/h1-7,14H,8-13H2,(H,24,27). The number of anilines is 1. The second-order valence-corrected chi connectivity index (χ2v) is 9.83. The zero-order valence-electron chi connectivity index (χ0n) is 17.0. The first kappa shape index (κ1) is 22.7. The van der Waals surface area contributed by atoms with Crippen LogP contribution in [0.3, 0.4) is 0 Å². The smallest absolute Gasteiger partial charge is 0.313 e. The minimum Gasteiger partial charge on any atom is -0.358 e. The number of carbonyl (C=O) groups is 2. The summed E-state index contributed by atoms with van der Waals surface area (Å²) in [5, 5.41) is 2.23. The lowest BCUT2D eigenvalue weighted by Crippen LogP contribution is -2.56. The molecule has 2 aliphatic rings. The summed E-state index contributed by atoms with van der Waals surface area (Å²) in [6.45, 7) is 0.775. The number of benzene rings is 2. The molecule has 0 unspecified atom stereocenters. The quantitative estimate of drug-likeness (QED) is 0.679. The molecule has 2 amide bonds. The molecule has 2 aromatic rings. The van der Waals surface area contributed by atoms with Crippen molar-refractivity contribution in [2.24, 2.45) is 0 Å². The van der Waals surface area contributed by atoms with E-state index in [1.54, 1.807) is 18.2 Å². The van der Waals surface area contributed by atoms with Crippen molar-refractivity contribution in [1.82, 2.24) is 9.21 Å². The van der Waals surface area contributed by atoms with Crippen molar-refractivity contribution in [2.45, 2.75) is 23.5 Å². The molecule has 0 aliphatic carbocycles. The van der Waals surface area contributed by atoms with Crippen LogP contribution in [0.2, 0.25) is 5.02 Å². The van der Waals surface area contributed by atoms with Gasteiger partial charge < -0.3 is 15.0 Å². The summed E-state index contributed by atoms with van der Waals surface area (Å²) in [7, 11) is -3.77. The topological polar surface area (TPSA) is 96.0 Å². The molecule has 11 heteroatoms. The fourth-order valence-electron chi connectivity index (χ4n) is 4.01. The maximum absolute atomic E-state index is 13.3. The van der Waals surface area contributed by atoms with Gasteiger partial charge in [0.1, 0.15) is 11.5 Å². The van der Waals surface area contributed by atoms with Crippen LogP contribution in [-0.4, -0.2) is 61.4 Å². The molecule has 2 aliphatic heterocycles. The van der Waals surface area contributed by atoms with Gasteiger partial charge in [-0.1, -0.05) is 29.8 Å².